The van der Waals surface area contributed by atoms with Crippen LogP contribution in [-0.2, 0) is 0 Å². The van der Waals surface area contributed by atoms with E-state index in [-0.39, 0.29) is 16.9 Å². The van der Waals surface area contributed by atoms with Crippen LogP contribution in [0.25, 0.3) is 11.2 Å². The largest absolute Gasteiger partial charge is 0.369 e. The van der Waals surface area contributed by atoms with Crippen LogP contribution >= 0.6 is 0 Å². The molecule has 0 bridgehead atoms. The highest BCUT2D eigenvalue weighted by molar-refractivity contribution is 5.70. The van der Waals surface area contributed by atoms with Crippen molar-refractivity contribution in [3.8, 4) is 0 Å². The number of imidazole rings is 1. The smallest absolute Gasteiger partial charge is 0.278 e. The third-order valence-corrected chi connectivity index (χ3v) is 3.24. The fourth-order valence-corrected chi connectivity index (χ4v) is 2.04. The summed E-state index contributed by atoms with van der Waals surface area (Å²) in [5, 5.41) is 0. The molecule has 2 heterocycles. The van der Waals surface area contributed by atoms with Gasteiger partial charge in [-0.25, -0.2) is 4.98 Å². The van der Waals surface area contributed by atoms with E-state index >= 15 is 0 Å². The third kappa shape index (κ3) is 1.22. The number of aromatic amines is 2. The van der Waals surface area contributed by atoms with Crippen molar-refractivity contribution in [3.05, 3.63) is 16.2 Å². The highest BCUT2D eigenvalue weighted by Crippen LogP contribution is 2.57. The molecule has 6 nitrogen and oxygen atoms in total. The lowest BCUT2D eigenvalue weighted by Gasteiger charge is -1.97. The van der Waals surface area contributed by atoms with Crippen LogP contribution in [0.15, 0.2) is 4.79 Å². The molecular weight excluding hydrogens is 206 g/mol. The van der Waals surface area contributed by atoms with Crippen molar-refractivity contribution in [1.82, 2.24) is 19.9 Å². The van der Waals surface area contributed by atoms with Gasteiger partial charge in [-0.1, -0.05) is 13.8 Å². The standard InChI is InChI=1S/C10H13N5O/c1-10(2)3-4(10)6-12-5-7(13-6)14-9(11)15-8(5)16/h4H,3H2,1-2H3,(H4,11,12,13,14,15,16). The molecule has 6 heteroatoms. The maximum absolute atomic E-state index is 11.6. The minimum atomic E-state index is -0.264. The summed E-state index contributed by atoms with van der Waals surface area (Å²) in [4.78, 5) is 25.4. The second-order valence-electron chi connectivity index (χ2n) is 5.02. The monoisotopic (exact) mass is 219 g/mol. The van der Waals surface area contributed by atoms with E-state index in [1.807, 2.05) is 0 Å². The van der Waals surface area contributed by atoms with Gasteiger partial charge in [-0.15, -0.1) is 0 Å². The maximum Gasteiger partial charge on any atom is 0.278 e. The SMILES string of the molecule is CC1(C)CC1c1nc2nc(N)[nH]c(=O)c2[nH]1. The van der Waals surface area contributed by atoms with E-state index in [2.05, 4.69) is 33.8 Å². The number of nitrogens with zero attached hydrogens (tertiary/aromatic N) is 2. The van der Waals surface area contributed by atoms with Gasteiger partial charge in [0, 0.05) is 5.92 Å². The quantitative estimate of drug-likeness (QED) is 0.658. The minimum absolute atomic E-state index is 0.102. The molecule has 1 atom stereocenters. The Hall–Kier alpha value is -1.85. The Morgan fingerprint density at radius 3 is 2.69 bits per heavy atom. The van der Waals surface area contributed by atoms with E-state index in [9.17, 15) is 4.79 Å². The molecule has 1 aliphatic carbocycles. The summed E-state index contributed by atoms with van der Waals surface area (Å²) in [7, 11) is 0. The van der Waals surface area contributed by atoms with Gasteiger partial charge in [-0.2, -0.15) is 4.98 Å². The average Bonchev–Trinajstić information content (AvgIpc) is 2.64. The number of nitrogen functional groups attached to an aromatic ring is 1. The molecule has 2 aromatic heterocycles. The molecule has 3 rings (SSSR count). The van der Waals surface area contributed by atoms with E-state index in [1.54, 1.807) is 0 Å². The summed E-state index contributed by atoms with van der Waals surface area (Å²) in [5.74, 6) is 1.33. The van der Waals surface area contributed by atoms with Crippen LogP contribution in [0.4, 0.5) is 5.95 Å². The zero-order valence-electron chi connectivity index (χ0n) is 9.16. The van der Waals surface area contributed by atoms with Crippen LogP contribution in [0.1, 0.15) is 32.0 Å². The van der Waals surface area contributed by atoms with Gasteiger partial charge >= 0.3 is 0 Å². The van der Waals surface area contributed by atoms with E-state index in [0.29, 0.717) is 17.1 Å². The van der Waals surface area contributed by atoms with Gasteiger partial charge in [0.25, 0.3) is 5.56 Å². The first kappa shape index (κ1) is 9.38. The lowest BCUT2D eigenvalue weighted by atomic mass is 10.1. The summed E-state index contributed by atoms with van der Waals surface area (Å²) in [5.41, 5.74) is 6.28. The fourth-order valence-electron chi connectivity index (χ4n) is 2.04. The Labute approximate surface area is 91.3 Å². The van der Waals surface area contributed by atoms with Gasteiger partial charge in [0.15, 0.2) is 11.2 Å². The average molecular weight is 219 g/mol. The van der Waals surface area contributed by atoms with Gasteiger partial charge < -0.3 is 10.7 Å². The van der Waals surface area contributed by atoms with Crippen LogP contribution in [0, 0.1) is 5.41 Å². The zero-order chi connectivity index (χ0) is 11.5. The van der Waals surface area contributed by atoms with Crippen LogP contribution in [0.3, 0.4) is 0 Å². The molecule has 0 saturated heterocycles. The zero-order valence-corrected chi connectivity index (χ0v) is 9.16. The van der Waals surface area contributed by atoms with Gasteiger partial charge in [0.2, 0.25) is 5.95 Å². The molecule has 4 N–H and O–H groups in total. The van der Waals surface area contributed by atoms with Crippen LogP contribution in [-0.4, -0.2) is 19.9 Å². The van der Waals surface area contributed by atoms with Crippen LogP contribution in [0.5, 0.6) is 0 Å². The third-order valence-electron chi connectivity index (χ3n) is 3.24. The molecule has 1 fully saturated rings. The van der Waals surface area contributed by atoms with Crippen molar-refractivity contribution in [3.63, 3.8) is 0 Å². The Morgan fingerprint density at radius 2 is 2.06 bits per heavy atom. The first-order valence-corrected chi connectivity index (χ1v) is 5.23. The van der Waals surface area contributed by atoms with Gasteiger partial charge in [-0.05, 0) is 11.8 Å². The molecule has 1 saturated carbocycles. The lowest BCUT2D eigenvalue weighted by molar-refractivity contribution is 0.611. The van der Waals surface area contributed by atoms with Gasteiger partial charge in [0.1, 0.15) is 5.82 Å². The molecule has 2 aromatic rings. The van der Waals surface area contributed by atoms with E-state index in [4.69, 9.17) is 5.73 Å². The molecule has 16 heavy (non-hydrogen) atoms. The molecular formula is C10H13N5O. The fraction of sp³-hybridized carbons (Fsp3) is 0.500. The number of hydrogen-bond donors (Lipinski definition) is 3. The maximum atomic E-state index is 11.6. The summed E-state index contributed by atoms with van der Waals surface area (Å²) in [6.07, 6.45) is 1.08. The molecule has 1 unspecified atom stereocenters. The molecule has 0 aromatic carbocycles. The molecule has 0 amide bonds. The van der Waals surface area contributed by atoms with Crippen molar-refractivity contribution >= 4 is 17.1 Å². The van der Waals surface area contributed by atoms with E-state index in [1.165, 1.54) is 0 Å². The van der Waals surface area contributed by atoms with Crippen molar-refractivity contribution in [2.45, 2.75) is 26.2 Å². The van der Waals surface area contributed by atoms with E-state index < -0.39 is 0 Å². The summed E-state index contributed by atoms with van der Waals surface area (Å²) in [6, 6.07) is 0. The Balaban J connectivity index is 2.17. The predicted molar refractivity (Wildman–Crippen MR) is 60.1 cm³/mol. The number of aromatic nitrogens is 4. The topological polar surface area (TPSA) is 100 Å². The first-order chi connectivity index (χ1) is 7.47. The predicted octanol–water partition coefficient (Wildman–Crippen LogP) is 0.742. The first-order valence-electron chi connectivity index (χ1n) is 5.23. The summed E-state index contributed by atoms with van der Waals surface area (Å²) < 4.78 is 0. The molecule has 0 radical (unpaired) electrons. The number of hydrogen-bond acceptors (Lipinski definition) is 4. The number of nitrogens with two attached hydrogens (primary N) is 1. The molecule has 1 aliphatic rings. The number of rotatable bonds is 1. The second-order valence-corrected chi connectivity index (χ2v) is 5.02. The Kier molecular flexibility index (Phi) is 1.54. The van der Waals surface area contributed by atoms with Crippen molar-refractivity contribution < 1.29 is 0 Å². The molecule has 84 valence electrons. The minimum Gasteiger partial charge on any atom is -0.369 e. The van der Waals surface area contributed by atoms with Crippen LogP contribution in [0.2, 0.25) is 0 Å². The number of fused-ring (bicyclic) bond motifs is 1. The number of nitrogens with one attached hydrogen (secondary N) is 2. The molecule has 0 spiro atoms. The van der Waals surface area contributed by atoms with Crippen molar-refractivity contribution in [2.75, 3.05) is 5.73 Å². The van der Waals surface area contributed by atoms with E-state index in [0.717, 1.165) is 12.2 Å². The number of anilines is 1. The second kappa shape index (κ2) is 2.63. The highest BCUT2D eigenvalue weighted by Gasteiger charge is 2.48. The van der Waals surface area contributed by atoms with Gasteiger partial charge in [-0.3, -0.25) is 9.78 Å². The Bertz CT molecular complexity index is 624. The lowest BCUT2D eigenvalue weighted by Crippen LogP contribution is -2.10. The van der Waals surface area contributed by atoms with Crippen molar-refractivity contribution in [2.24, 2.45) is 5.41 Å². The van der Waals surface area contributed by atoms with Crippen LogP contribution < -0.4 is 11.3 Å². The summed E-state index contributed by atoms with van der Waals surface area (Å²) >= 11 is 0. The number of H-pyrrole nitrogens is 2. The Morgan fingerprint density at radius 1 is 1.38 bits per heavy atom. The van der Waals surface area contributed by atoms with Gasteiger partial charge in [0.05, 0.1) is 0 Å². The van der Waals surface area contributed by atoms with Crippen molar-refractivity contribution in [1.29, 1.82) is 0 Å². The summed E-state index contributed by atoms with van der Waals surface area (Å²) in [6.45, 7) is 4.35. The normalized spacial score (nSPS) is 22.5. The highest BCUT2D eigenvalue weighted by atomic mass is 16.1. The molecule has 0 aliphatic heterocycles.